The third-order valence-corrected chi connectivity index (χ3v) is 6.76. The van der Waals surface area contributed by atoms with Crippen LogP contribution in [0.5, 0.6) is 0 Å². The number of nitrogens with one attached hydrogen (secondary N) is 1. The molecule has 0 amide bonds. The Morgan fingerprint density at radius 3 is 2.38 bits per heavy atom. The summed E-state index contributed by atoms with van der Waals surface area (Å²) in [6.45, 7) is 3.44. The normalized spacial score (nSPS) is 50.0. The van der Waals surface area contributed by atoms with Crippen LogP contribution >= 0.6 is 0 Å². The monoisotopic (exact) mass is 322 g/mol. The van der Waals surface area contributed by atoms with Crippen molar-refractivity contribution in [3.05, 3.63) is 12.2 Å². The second kappa shape index (κ2) is 4.38. The van der Waals surface area contributed by atoms with Gasteiger partial charge in [-0.1, -0.05) is 19.1 Å². The summed E-state index contributed by atoms with van der Waals surface area (Å²) in [6, 6.07) is 6.33. The number of allylic oxidation sites excluding steroid dienone is 2. The van der Waals surface area contributed by atoms with Crippen molar-refractivity contribution in [1.29, 1.82) is 21.2 Å². The Labute approximate surface area is 140 Å². The average molecular weight is 322 g/mol. The summed E-state index contributed by atoms with van der Waals surface area (Å²) in [5.74, 6) is -1.35. The molecule has 0 radical (unpaired) electrons. The fourth-order valence-corrected chi connectivity index (χ4v) is 5.32. The number of ether oxygens (including phenoxy) is 2. The molecule has 1 saturated carbocycles. The Morgan fingerprint density at radius 1 is 1.17 bits per heavy atom. The second-order valence-corrected chi connectivity index (χ2v) is 7.60. The Balaban J connectivity index is 1.92. The molecule has 24 heavy (non-hydrogen) atoms. The second-order valence-electron chi connectivity index (χ2n) is 7.60. The molecular formula is C18H18N4O2. The van der Waals surface area contributed by atoms with Gasteiger partial charge in [0.1, 0.15) is 0 Å². The van der Waals surface area contributed by atoms with Gasteiger partial charge in [0.05, 0.1) is 30.2 Å². The lowest BCUT2D eigenvalue weighted by atomic mass is 9.52. The fraction of sp³-hybridized carbons (Fsp3) is 0.667. The van der Waals surface area contributed by atoms with Gasteiger partial charge in [0.2, 0.25) is 11.7 Å². The van der Waals surface area contributed by atoms with Crippen LogP contribution in [0.3, 0.4) is 0 Å². The lowest BCUT2D eigenvalue weighted by Gasteiger charge is -2.50. The van der Waals surface area contributed by atoms with Crippen molar-refractivity contribution in [3.63, 3.8) is 0 Å². The quantitative estimate of drug-likeness (QED) is 0.745. The highest BCUT2D eigenvalue weighted by Crippen LogP contribution is 2.65. The van der Waals surface area contributed by atoms with Crippen LogP contribution in [0, 0.1) is 73.9 Å². The summed E-state index contributed by atoms with van der Waals surface area (Å²) < 4.78 is 11.8. The van der Waals surface area contributed by atoms with Crippen LogP contribution in [-0.2, 0) is 9.47 Å². The molecule has 3 fully saturated rings. The minimum Gasteiger partial charge on any atom is -0.448 e. The minimum absolute atomic E-state index is 0.00616. The van der Waals surface area contributed by atoms with Gasteiger partial charge in [-0.15, -0.1) is 0 Å². The van der Waals surface area contributed by atoms with Gasteiger partial charge in [0.15, 0.2) is 10.8 Å². The first-order valence-electron chi connectivity index (χ1n) is 8.26. The lowest BCUT2D eigenvalue weighted by Crippen LogP contribution is -2.63. The Morgan fingerprint density at radius 2 is 1.88 bits per heavy atom. The molecule has 0 aromatic heterocycles. The molecule has 4 rings (SSSR count). The maximum absolute atomic E-state index is 10.0. The van der Waals surface area contributed by atoms with Crippen molar-refractivity contribution in [2.24, 2.45) is 34.5 Å². The van der Waals surface area contributed by atoms with Crippen molar-refractivity contribution in [3.8, 4) is 18.2 Å². The van der Waals surface area contributed by atoms with Gasteiger partial charge in [0, 0.05) is 6.92 Å². The summed E-state index contributed by atoms with van der Waals surface area (Å²) in [5, 5.41) is 38.2. The van der Waals surface area contributed by atoms with E-state index in [2.05, 4.69) is 30.4 Å². The summed E-state index contributed by atoms with van der Waals surface area (Å²) in [5.41, 5.74) is -3.34. The molecule has 6 heteroatoms. The van der Waals surface area contributed by atoms with Gasteiger partial charge >= 0.3 is 0 Å². The maximum atomic E-state index is 10.0. The largest absolute Gasteiger partial charge is 0.448 e. The van der Waals surface area contributed by atoms with Crippen molar-refractivity contribution in [2.45, 2.75) is 38.6 Å². The molecule has 0 spiro atoms. The van der Waals surface area contributed by atoms with Crippen molar-refractivity contribution >= 4 is 5.90 Å². The van der Waals surface area contributed by atoms with E-state index in [9.17, 15) is 15.8 Å². The van der Waals surface area contributed by atoms with Crippen LogP contribution in [-0.4, -0.2) is 17.8 Å². The Kier molecular flexibility index (Phi) is 2.77. The average Bonchev–Trinajstić information content (AvgIpc) is 3.22. The third-order valence-electron chi connectivity index (χ3n) is 6.76. The molecule has 4 bridgehead atoms. The highest BCUT2D eigenvalue weighted by molar-refractivity contribution is 5.89. The van der Waals surface area contributed by atoms with Gasteiger partial charge in [-0.3, -0.25) is 5.41 Å². The zero-order valence-corrected chi connectivity index (χ0v) is 13.6. The van der Waals surface area contributed by atoms with E-state index in [4.69, 9.17) is 14.9 Å². The van der Waals surface area contributed by atoms with Crippen molar-refractivity contribution in [2.75, 3.05) is 0 Å². The Hall–Kier alpha value is -2.36. The summed E-state index contributed by atoms with van der Waals surface area (Å²) in [6.07, 6.45) is 5.42. The predicted octanol–water partition coefficient (Wildman–Crippen LogP) is 2.50. The molecular weight excluding hydrogens is 304 g/mol. The van der Waals surface area contributed by atoms with E-state index >= 15 is 0 Å². The lowest BCUT2D eigenvalue weighted by molar-refractivity contribution is -0.279. The standard InChI is InChI=1S/C18H18N4O2/c1-10-16(2)23-14(13-6-11-3-4-12(13)5-11)17(7-19,8-20)18(10,9-21)15(22)24-16/h3-4,10-14,22H,5-6H2,1-2H3. The van der Waals surface area contributed by atoms with E-state index in [1.807, 2.05) is 0 Å². The van der Waals surface area contributed by atoms with Crippen LogP contribution in [0.2, 0.25) is 0 Å². The first-order valence-corrected chi connectivity index (χ1v) is 8.26. The Bertz CT molecular complexity index is 770. The van der Waals surface area contributed by atoms with Crippen LogP contribution < -0.4 is 0 Å². The highest BCUT2D eigenvalue weighted by atomic mass is 16.7. The number of hydrogen-bond acceptors (Lipinski definition) is 6. The number of nitrogens with zero attached hydrogens (tertiary/aromatic N) is 3. The maximum Gasteiger partial charge on any atom is 0.214 e. The molecule has 2 aliphatic heterocycles. The molecule has 2 saturated heterocycles. The van der Waals surface area contributed by atoms with E-state index in [1.165, 1.54) is 0 Å². The van der Waals surface area contributed by atoms with E-state index in [0.29, 0.717) is 5.92 Å². The van der Waals surface area contributed by atoms with Crippen molar-refractivity contribution in [1.82, 2.24) is 0 Å². The smallest absolute Gasteiger partial charge is 0.214 e. The summed E-state index contributed by atoms with van der Waals surface area (Å²) in [4.78, 5) is 0. The van der Waals surface area contributed by atoms with Crippen molar-refractivity contribution < 1.29 is 9.47 Å². The van der Waals surface area contributed by atoms with Gasteiger partial charge in [0.25, 0.3) is 0 Å². The van der Waals surface area contributed by atoms with E-state index in [0.717, 1.165) is 12.8 Å². The topological polar surface area (TPSA) is 114 Å². The van der Waals surface area contributed by atoms with Gasteiger partial charge in [-0.25, -0.2) is 0 Å². The summed E-state index contributed by atoms with van der Waals surface area (Å²) in [7, 11) is 0. The highest BCUT2D eigenvalue weighted by Gasteiger charge is 2.79. The molecule has 6 nitrogen and oxygen atoms in total. The van der Waals surface area contributed by atoms with Gasteiger partial charge in [-0.05, 0) is 30.6 Å². The molecule has 4 aliphatic rings. The molecule has 0 aromatic carbocycles. The zero-order valence-electron chi connectivity index (χ0n) is 13.6. The van der Waals surface area contributed by atoms with E-state index in [-0.39, 0.29) is 17.7 Å². The van der Waals surface area contributed by atoms with E-state index in [1.54, 1.807) is 13.8 Å². The third kappa shape index (κ3) is 1.37. The molecule has 7 atom stereocenters. The molecule has 2 heterocycles. The first-order chi connectivity index (χ1) is 11.4. The number of hydrogen-bond donors (Lipinski definition) is 1. The van der Waals surface area contributed by atoms with Crippen LogP contribution in [0.25, 0.3) is 0 Å². The molecule has 2 aliphatic carbocycles. The van der Waals surface area contributed by atoms with Gasteiger partial charge in [-0.2, -0.15) is 15.8 Å². The van der Waals surface area contributed by atoms with E-state index < -0.39 is 28.6 Å². The van der Waals surface area contributed by atoms with Crippen LogP contribution in [0.4, 0.5) is 0 Å². The molecule has 7 unspecified atom stereocenters. The fourth-order valence-electron chi connectivity index (χ4n) is 5.32. The van der Waals surface area contributed by atoms with Gasteiger partial charge < -0.3 is 9.47 Å². The number of fused-ring (bicyclic) bond motifs is 4. The zero-order chi connectivity index (χ0) is 17.3. The van der Waals surface area contributed by atoms with Crippen LogP contribution in [0.1, 0.15) is 26.7 Å². The van der Waals surface area contributed by atoms with Crippen LogP contribution in [0.15, 0.2) is 12.2 Å². The molecule has 0 aromatic rings. The minimum atomic E-state index is -1.74. The molecule has 1 N–H and O–H groups in total. The summed E-state index contributed by atoms with van der Waals surface area (Å²) >= 11 is 0. The first kappa shape index (κ1) is 15.2. The number of rotatable bonds is 1. The molecule has 122 valence electrons. The SMILES string of the molecule is CC1C2(C)OC(=N)C1(C#N)C(C#N)(C#N)C(C1CC3C=CC1C3)O2. The number of nitriles is 3. The predicted molar refractivity (Wildman–Crippen MR) is 81.8 cm³/mol.